The Morgan fingerprint density at radius 3 is 1.80 bits per heavy atom. The fourth-order valence-electron chi connectivity index (χ4n) is 9.38. The van der Waals surface area contributed by atoms with Crippen molar-refractivity contribution in [2.24, 2.45) is 0 Å². The molecule has 0 amide bonds. The number of hydrogen-bond donors (Lipinski definition) is 0. The summed E-state index contributed by atoms with van der Waals surface area (Å²) in [5, 5.41) is 4.99. The van der Waals surface area contributed by atoms with E-state index in [0.717, 1.165) is 16.8 Å². The summed E-state index contributed by atoms with van der Waals surface area (Å²) >= 11 is 0. The van der Waals surface area contributed by atoms with Gasteiger partial charge in [0.1, 0.15) is 0 Å². The van der Waals surface area contributed by atoms with Crippen LogP contribution in [0.1, 0.15) is 22.3 Å². The van der Waals surface area contributed by atoms with Crippen LogP contribution in [-0.2, 0) is 5.41 Å². The molecule has 1 aliphatic rings. The van der Waals surface area contributed by atoms with E-state index in [2.05, 4.69) is 185 Å². The van der Waals surface area contributed by atoms with Crippen molar-refractivity contribution in [2.45, 2.75) is 5.41 Å². The molecule has 3 aromatic heterocycles. The van der Waals surface area contributed by atoms with Crippen LogP contribution in [0.25, 0.3) is 77.2 Å². The highest BCUT2D eigenvalue weighted by atomic mass is 15.2. The minimum atomic E-state index is -0.413. The van der Waals surface area contributed by atoms with Gasteiger partial charge in [-0.15, -0.1) is 0 Å². The van der Waals surface area contributed by atoms with Crippen molar-refractivity contribution in [3.63, 3.8) is 0 Å². The van der Waals surface area contributed by atoms with Gasteiger partial charge >= 0.3 is 0 Å². The molecule has 0 bridgehead atoms. The molecule has 51 heavy (non-hydrogen) atoms. The minimum Gasteiger partial charge on any atom is -0.277 e. The first-order chi connectivity index (χ1) is 25.3. The first-order valence-electron chi connectivity index (χ1n) is 17.6. The zero-order chi connectivity index (χ0) is 33.3. The van der Waals surface area contributed by atoms with Crippen LogP contribution in [0.2, 0.25) is 0 Å². The van der Waals surface area contributed by atoms with Gasteiger partial charge in [-0.25, -0.2) is 4.98 Å². The van der Waals surface area contributed by atoms with Crippen LogP contribution in [0.15, 0.2) is 176 Å². The number of benzene rings is 8. The summed E-state index contributed by atoms with van der Waals surface area (Å²) in [6, 6.07) is 64.9. The molecule has 12 rings (SSSR count). The van der Waals surface area contributed by atoms with Gasteiger partial charge in [0, 0.05) is 10.8 Å². The van der Waals surface area contributed by atoms with Crippen LogP contribution in [0.4, 0.5) is 0 Å². The quantitative estimate of drug-likeness (QED) is 0.187. The third-order valence-corrected chi connectivity index (χ3v) is 11.5. The fourth-order valence-corrected chi connectivity index (χ4v) is 9.38. The number of para-hydroxylation sites is 2. The SMILES string of the molecule is c1ccc(C2(c3ccc(-c4cc5c6cc7ccccc7cc6n6c5c(c4)n4c5ccccc5nc46)cc3)c3ccccc3-c3ccccc32)cc1. The Morgan fingerprint density at radius 1 is 0.412 bits per heavy atom. The van der Waals surface area contributed by atoms with Crippen molar-refractivity contribution in [1.29, 1.82) is 0 Å². The third kappa shape index (κ3) is 3.40. The molecule has 236 valence electrons. The lowest BCUT2D eigenvalue weighted by Gasteiger charge is -2.34. The molecule has 0 atom stereocenters. The predicted molar refractivity (Wildman–Crippen MR) is 210 cm³/mol. The lowest BCUT2D eigenvalue weighted by molar-refractivity contribution is 0.768. The molecule has 0 aliphatic heterocycles. The summed E-state index contributed by atoms with van der Waals surface area (Å²) in [5.74, 6) is 0.956. The van der Waals surface area contributed by atoms with E-state index < -0.39 is 5.41 Å². The predicted octanol–water partition coefficient (Wildman–Crippen LogP) is 11.7. The average Bonchev–Trinajstić information content (AvgIpc) is 3.91. The van der Waals surface area contributed by atoms with Crippen molar-refractivity contribution in [3.8, 4) is 22.3 Å². The summed E-state index contributed by atoms with van der Waals surface area (Å²) in [6.07, 6.45) is 0. The molecule has 0 saturated carbocycles. The Labute approximate surface area is 293 Å². The van der Waals surface area contributed by atoms with Gasteiger partial charge in [0.15, 0.2) is 0 Å². The largest absolute Gasteiger partial charge is 0.277 e. The number of fused-ring (bicyclic) bond motifs is 12. The van der Waals surface area contributed by atoms with Crippen LogP contribution in [0.3, 0.4) is 0 Å². The maximum Gasteiger partial charge on any atom is 0.220 e. The summed E-state index contributed by atoms with van der Waals surface area (Å²) in [4.78, 5) is 5.19. The molecule has 3 heterocycles. The summed E-state index contributed by atoms with van der Waals surface area (Å²) < 4.78 is 4.72. The molecule has 0 radical (unpaired) electrons. The van der Waals surface area contributed by atoms with Crippen molar-refractivity contribution in [1.82, 2.24) is 13.8 Å². The number of imidazole rings is 2. The van der Waals surface area contributed by atoms with E-state index in [4.69, 9.17) is 4.98 Å². The van der Waals surface area contributed by atoms with Gasteiger partial charge in [0.25, 0.3) is 0 Å². The van der Waals surface area contributed by atoms with Crippen LogP contribution in [0.5, 0.6) is 0 Å². The van der Waals surface area contributed by atoms with E-state index in [1.165, 1.54) is 82.6 Å². The Kier molecular flexibility index (Phi) is 5.17. The normalized spacial score (nSPS) is 13.6. The number of rotatable bonds is 3. The highest BCUT2D eigenvalue weighted by Gasteiger charge is 2.45. The maximum atomic E-state index is 5.19. The lowest BCUT2D eigenvalue weighted by Crippen LogP contribution is -2.28. The molecule has 0 spiro atoms. The zero-order valence-corrected chi connectivity index (χ0v) is 27.6. The second kappa shape index (κ2) is 9.71. The summed E-state index contributed by atoms with van der Waals surface area (Å²) in [5.41, 5.74) is 15.5. The number of nitrogens with zero attached hydrogens (tertiary/aromatic N) is 3. The molecular formula is C48H29N3. The van der Waals surface area contributed by atoms with Gasteiger partial charge in [0.2, 0.25) is 5.78 Å². The van der Waals surface area contributed by atoms with Gasteiger partial charge in [-0.1, -0.05) is 140 Å². The van der Waals surface area contributed by atoms with Crippen LogP contribution in [0, 0.1) is 0 Å². The van der Waals surface area contributed by atoms with Crippen LogP contribution >= 0.6 is 0 Å². The average molecular weight is 648 g/mol. The summed E-state index contributed by atoms with van der Waals surface area (Å²) in [7, 11) is 0. The highest BCUT2D eigenvalue weighted by molar-refractivity contribution is 6.19. The Bertz CT molecular complexity index is 3140. The lowest BCUT2D eigenvalue weighted by atomic mass is 9.67. The van der Waals surface area contributed by atoms with Gasteiger partial charge in [-0.3, -0.25) is 8.80 Å². The van der Waals surface area contributed by atoms with Gasteiger partial charge in [-0.05, 0) is 91.7 Å². The second-order valence-corrected chi connectivity index (χ2v) is 14.0. The highest BCUT2D eigenvalue weighted by Crippen LogP contribution is 2.56. The molecule has 0 unspecified atom stereocenters. The second-order valence-electron chi connectivity index (χ2n) is 14.0. The standard InChI is InChI=1S/C48H29N3/c1-2-14-34(15-3-1)48(40-18-8-6-16-36(40)37-17-7-9-19-41(37)48)35-24-22-30(23-25-35)33-27-39-38-26-31-12-4-5-13-32(31)28-44(38)51-46(39)45(29-33)50-43-21-11-10-20-42(43)49-47(50)51/h1-29H. The molecule has 8 aromatic carbocycles. The van der Waals surface area contributed by atoms with Crippen molar-refractivity contribution in [3.05, 3.63) is 198 Å². The monoisotopic (exact) mass is 647 g/mol. The van der Waals surface area contributed by atoms with E-state index in [1.54, 1.807) is 0 Å². The molecule has 0 saturated heterocycles. The molecule has 11 aromatic rings. The van der Waals surface area contributed by atoms with Crippen molar-refractivity contribution >= 4 is 54.9 Å². The van der Waals surface area contributed by atoms with E-state index in [1.807, 2.05) is 0 Å². The van der Waals surface area contributed by atoms with Gasteiger partial charge in [0.05, 0.1) is 33.0 Å². The molecule has 0 fully saturated rings. The van der Waals surface area contributed by atoms with E-state index >= 15 is 0 Å². The van der Waals surface area contributed by atoms with E-state index in [-0.39, 0.29) is 0 Å². The Balaban J connectivity index is 1.13. The van der Waals surface area contributed by atoms with Crippen LogP contribution in [-0.4, -0.2) is 13.8 Å². The van der Waals surface area contributed by atoms with E-state index in [0.29, 0.717) is 0 Å². The summed E-state index contributed by atoms with van der Waals surface area (Å²) in [6.45, 7) is 0. The third-order valence-electron chi connectivity index (χ3n) is 11.5. The molecule has 0 N–H and O–H groups in total. The topological polar surface area (TPSA) is 21.7 Å². The van der Waals surface area contributed by atoms with Crippen molar-refractivity contribution in [2.75, 3.05) is 0 Å². The van der Waals surface area contributed by atoms with Crippen molar-refractivity contribution < 1.29 is 0 Å². The zero-order valence-electron chi connectivity index (χ0n) is 27.6. The van der Waals surface area contributed by atoms with Crippen LogP contribution < -0.4 is 0 Å². The fraction of sp³-hybridized carbons (Fsp3) is 0.0208. The number of aromatic nitrogens is 3. The van der Waals surface area contributed by atoms with Gasteiger partial charge < -0.3 is 0 Å². The molecule has 1 aliphatic carbocycles. The van der Waals surface area contributed by atoms with E-state index in [9.17, 15) is 0 Å². The first kappa shape index (κ1) is 27.2. The molecule has 3 nitrogen and oxygen atoms in total. The Morgan fingerprint density at radius 2 is 1.04 bits per heavy atom. The minimum absolute atomic E-state index is 0.413. The number of hydrogen-bond acceptors (Lipinski definition) is 1. The molecular weight excluding hydrogens is 619 g/mol. The smallest absolute Gasteiger partial charge is 0.220 e. The maximum absolute atomic E-state index is 5.19. The Hall–Kier alpha value is -6.71. The first-order valence-corrected chi connectivity index (χ1v) is 17.6. The van der Waals surface area contributed by atoms with Gasteiger partial charge in [-0.2, -0.15) is 0 Å². The molecule has 3 heteroatoms.